The quantitative estimate of drug-likeness (QED) is 0.386. The first-order chi connectivity index (χ1) is 8.20. The standard InChI is InChI=1S/C12H21ClO3Si/c1-3-10-14-17(13,15-11-4-2)16-12-8-6-5-7-9-12/h3-4,12H,1-2,5-11H2. The van der Waals surface area contributed by atoms with E-state index in [4.69, 9.17) is 24.4 Å². The SMILES string of the molecule is C=CCO[Si](Cl)(OCC=C)OC1CCCCC1. The summed E-state index contributed by atoms with van der Waals surface area (Å²) >= 11 is 6.31. The Hall–Kier alpha value is -0.133. The van der Waals surface area contributed by atoms with Crippen LogP contribution in [-0.4, -0.2) is 27.4 Å². The summed E-state index contributed by atoms with van der Waals surface area (Å²) in [4.78, 5) is 0. The van der Waals surface area contributed by atoms with Crippen LogP contribution in [0.1, 0.15) is 32.1 Å². The average Bonchev–Trinajstić information content (AvgIpc) is 2.35. The fraction of sp³-hybridized carbons (Fsp3) is 0.667. The van der Waals surface area contributed by atoms with Gasteiger partial charge in [-0.05, 0) is 12.8 Å². The topological polar surface area (TPSA) is 27.7 Å². The molecule has 0 N–H and O–H groups in total. The molecule has 0 atom stereocenters. The lowest BCUT2D eigenvalue weighted by molar-refractivity contribution is 0.0426. The molecule has 0 spiro atoms. The predicted octanol–water partition coefficient (Wildman–Crippen LogP) is 3.42. The Balaban J connectivity index is 2.47. The molecule has 0 aromatic heterocycles. The molecule has 1 aliphatic rings. The van der Waals surface area contributed by atoms with Crippen molar-refractivity contribution in [3.05, 3.63) is 25.3 Å². The van der Waals surface area contributed by atoms with Crippen LogP contribution < -0.4 is 0 Å². The molecule has 0 amide bonds. The zero-order valence-electron chi connectivity index (χ0n) is 10.2. The Kier molecular flexibility index (Phi) is 7.07. The normalized spacial score (nSPS) is 17.9. The van der Waals surface area contributed by atoms with Crippen LogP contribution in [0.15, 0.2) is 25.3 Å². The highest BCUT2D eigenvalue weighted by Gasteiger charge is 2.42. The van der Waals surface area contributed by atoms with E-state index in [0.717, 1.165) is 12.8 Å². The van der Waals surface area contributed by atoms with Gasteiger partial charge in [-0.15, -0.1) is 13.2 Å². The van der Waals surface area contributed by atoms with Crippen molar-refractivity contribution in [2.75, 3.05) is 13.2 Å². The maximum atomic E-state index is 6.31. The Labute approximate surface area is 109 Å². The highest BCUT2D eigenvalue weighted by atomic mass is 35.6. The Morgan fingerprint density at radius 3 is 2.06 bits per heavy atom. The van der Waals surface area contributed by atoms with Crippen molar-refractivity contribution in [1.29, 1.82) is 0 Å². The molecule has 98 valence electrons. The highest BCUT2D eigenvalue weighted by Crippen LogP contribution is 2.26. The number of hydrogen-bond acceptors (Lipinski definition) is 3. The molecule has 0 radical (unpaired) electrons. The van der Waals surface area contributed by atoms with Gasteiger partial charge < -0.3 is 13.3 Å². The molecule has 1 fully saturated rings. The minimum atomic E-state index is -3.05. The van der Waals surface area contributed by atoms with Gasteiger partial charge in [0.25, 0.3) is 0 Å². The van der Waals surface area contributed by atoms with Crippen LogP contribution in [0.3, 0.4) is 0 Å². The van der Waals surface area contributed by atoms with Crippen LogP contribution in [0.25, 0.3) is 0 Å². The lowest BCUT2D eigenvalue weighted by Crippen LogP contribution is -2.44. The summed E-state index contributed by atoms with van der Waals surface area (Å²) in [5.74, 6) is 0. The predicted molar refractivity (Wildman–Crippen MR) is 71.9 cm³/mol. The molecule has 0 heterocycles. The number of hydrogen-bond donors (Lipinski definition) is 0. The second kappa shape index (κ2) is 8.05. The molecular weight excluding hydrogens is 256 g/mol. The average molecular weight is 277 g/mol. The second-order valence-electron chi connectivity index (χ2n) is 4.06. The molecule has 1 rings (SSSR count). The van der Waals surface area contributed by atoms with Gasteiger partial charge in [0.05, 0.1) is 19.3 Å². The van der Waals surface area contributed by atoms with Crippen molar-refractivity contribution in [1.82, 2.24) is 0 Å². The van der Waals surface area contributed by atoms with E-state index in [1.807, 2.05) is 0 Å². The van der Waals surface area contributed by atoms with Gasteiger partial charge >= 0.3 is 8.11 Å². The first-order valence-corrected chi connectivity index (χ1v) is 8.80. The van der Waals surface area contributed by atoms with Gasteiger partial charge in [-0.25, -0.2) is 0 Å². The molecule has 3 nitrogen and oxygen atoms in total. The molecule has 0 aromatic rings. The van der Waals surface area contributed by atoms with E-state index in [-0.39, 0.29) is 6.10 Å². The summed E-state index contributed by atoms with van der Waals surface area (Å²) in [6, 6.07) is 0. The van der Waals surface area contributed by atoms with Crippen LogP contribution in [0, 0.1) is 0 Å². The van der Waals surface area contributed by atoms with Crippen LogP contribution in [-0.2, 0) is 13.3 Å². The summed E-state index contributed by atoms with van der Waals surface area (Å²) in [5.41, 5.74) is 0. The number of halogens is 1. The molecule has 5 heteroatoms. The van der Waals surface area contributed by atoms with Gasteiger partial charge in [-0.3, -0.25) is 0 Å². The zero-order valence-corrected chi connectivity index (χ0v) is 12.0. The van der Waals surface area contributed by atoms with E-state index < -0.39 is 8.11 Å². The molecule has 0 aromatic carbocycles. The molecule has 0 aliphatic heterocycles. The third kappa shape index (κ3) is 5.83. The third-order valence-electron chi connectivity index (χ3n) is 2.61. The van der Waals surface area contributed by atoms with E-state index >= 15 is 0 Å². The van der Waals surface area contributed by atoms with Crippen molar-refractivity contribution in [3.8, 4) is 0 Å². The van der Waals surface area contributed by atoms with E-state index in [0.29, 0.717) is 13.2 Å². The lowest BCUT2D eigenvalue weighted by Gasteiger charge is -2.29. The van der Waals surface area contributed by atoms with Crippen molar-refractivity contribution >= 4 is 19.2 Å². The maximum Gasteiger partial charge on any atom is 0.614 e. The summed E-state index contributed by atoms with van der Waals surface area (Å²) in [6.07, 6.45) is 9.19. The van der Waals surface area contributed by atoms with Crippen LogP contribution in [0.2, 0.25) is 0 Å². The zero-order chi connectivity index (χ0) is 12.6. The second-order valence-corrected chi connectivity index (χ2v) is 7.22. The monoisotopic (exact) mass is 276 g/mol. The van der Waals surface area contributed by atoms with Crippen molar-refractivity contribution in [2.45, 2.75) is 38.2 Å². The first kappa shape index (κ1) is 14.9. The van der Waals surface area contributed by atoms with Crippen LogP contribution in [0.5, 0.6) is 0 Å². The van der Waals surface area contributed by atoms with Crippen molar-refractivity contribution < 1.29 is 13.3 Å². The number of rotatable bonds is 8. The van der Waals surface area contributed by atoms with Crippen LogP contribution >= 0.6 is 11.1 Å². The fourth-order valence-corrected chi connectivity index (χ4v) is 4.05. The third-order valence-corrected chi connectivity index (χ3v) is 5.17. The smallest absolute Gasteiger partial charge is 0.358 e. The molecular formula is C12H21ClO3Si. The minimum Gasteiger partial charge on any atom is -0.358 e. The molecule has 0 bridgehead atoms. The summed E-state index contributed by atoms with van der Waals surface area (Å²) in [7, 11) is -3.05. The van der Waals surface area contributed by atoms with E-state index in [9.17, 15) is 0 Å². The van der Waals surface area contributed by atoms with Gasteiger partial charge in [0.2, 0.25) is 0 Å². The molecule has 1 saturated carbocycles. The maximum absolute atomic E-state index is 6.31. The van der Waals surface area contributed by atoms with E-state index in [1.54, 1.807) is 12.2 Å². The Bertz CT molecular complexity index is 230. The van der Waals surface area contributed by atoms with Gasteiger partial charge in [-0.2, -0.15) is 0 Å². The molecule has 0 saturated heterocycles. The first-order valence-electron chi connectivity index (χ1n) is 6.06. The lowest BCUT2D eigenvalue weighted by atomic mass is 9.98. The minimum absolute atomic E-state index is 0.169. The van der Waals surface area contributed by atoms with E-state index in [1.165, 1.54) is 19.3 Å². The fourth-order valence-electron chi connectivity index (χ4n) is 1.81. The summed E-state index contributed by atoms with van der Waals surface area (Å²) < 4.78 is 16.8. The molecule has 0 unspecified atom stereocenters. The summed E-state index contributed by atoms with van der Waals surface area (Å²) in [5, 5.41) is 0. The van der Waals surface area contributed by atoms with Gasteiger partial charge in [0, 0.05) is 0 Å². The van der Waals surface area contributed by atoms with Crippen LogP contribution in [0.4, 0.5) is 0 Å². The Morgan fingerprint density at radius 2 is 1.59 bits per heavy atom. The molecule has 1 aliphatic carbocycles. The largest absolute Gasteiger partial charge is 0.614 e. The van der Waals surface area contributed by atoms with Crippen molar-refractivity contribution in [2.24, 2.45) is 0 Å². The molecule has 17 heavy (non-hydrogen) atoms. The van der Waals surface area contributed by atoms with Gasteiger partial charge in [-0.1, -0.05) is 42.5 Å². The Morgan fingerprint density at radius 1 is 1.06 bits per heavy atom. The highest BCUT2D eigenvalue weighted by molar-refractivity contribution is 7.09. The van der Waals surface area contributed by atoms with E-state index in [2.05, 4.69) is 13.2 Å². The van der Waals surface area contributed by atoms with Crippen molar-refractivity contribution in [3.63, 3.8) is 0 Å². The van der Waals surface area contributed by atoms with Gasteiger partial charge in [0.1, 0.15) is 0 Å². The summed E-state index contributed by atoms with van der Waals surface area (Å²) in [6.45, 7) is 7.89. The van der Waals surface area contributed by atoms with Gasteiger partial charge in [0.15, 0.2) is 0 Å².